The van der Waals surface area contributed by atoms with E-state index in [-0.39, 0.29) is 11.7 Å². The molecule has 5 nitrogen and oxygen atoms in total. The topological polar surface area (TPSA) is 54.3 Å². The third-order valence-corrected chi connectivity index (χ3v) is 4.06. The highest BCUT2D eigenvalue weighted by molar-refractivity contribution is 6.05. The van der Waals surface area contributed by atoms with Crippen LogP contribution in [0.15, 0.2) is 36.5 Å². The minimum atomic E-state index is -0.228. The van der Waals surface area contributed by atoms with Crippen molar-refractivity contribution in [2.45, 2.75) is 33.7 Å². The number of nitrogens with zero attached hydrogens (tertiary/aromatic N) is 2. The van der Waals surface area contributed by atoms with Crippen molar-refractivity contribution < 1.29 is 9.59 Å². The van der Waals surface area contributed by atoms with Crippen molar-refractivity contribution >= 4 is 23.1 Å². The summed E-state index contributed by atoms with van der Waals surface area (Å²) < 4.78 is 1.66. The van der Waals surface area contributed by atoms with Crippen LogP contribution in [-0.4, -0.2) is 28.8 Å². The first-order valence-corrected chi connectivity index (χ1v) is 8.18. The highest BCUT2D eigenvalue weighted by atomic mass is 16.2. The maximum Gasteiger partial charge on any atom is 0.272 e. The molecule has 0 fully saturated rings. The lowest BCUT2D eigenvalue weighted by molar-refractivity contribution is 0.101. The van der Waals surface area contributed by atoms with Crippen molar-refractivity contribution in [3.05, 3.63) is 47.8 Å². The van der Waals surface area contributed by atoms with Gasteiger partial charge in [-0.25, -0.2) is 0 Å². The van der Waals surface area contributed by atoms with Gasteiger partial charge in [-0.2, -0.15) is 0 Å². The van der Waals surface area contributed by atoms with E-state index in [0.717, 1.165) is 17.9 Å². The average Bonchev–Trinajstić information content (AvgIpc) is 2.91. The van der Waals surface area contributed by atoms with Gasteiger partial charge in [0.15, 0.2) is 5.78 Å². The number of carbonyl (C=O) groups excluding carboxylic acids is 2. The fourth-order valence-corrected chi connectivity index (χ4v) is 2.76. The van der Waals surface area contributed by atoms with E-state index in [1.54, 1.807) is 23.9 Å². The number of ketones is 1. The molecule has 0 atom stereocenters. The molecule has 0 saturated heterocycles. The van der Waals surface area contributed by atoms with E-state index in [1.807, 2.05) is 24.3 Å². The molecule has 0 unspecified atom stereocenters. The van der Waals surface area contributed by atoms with Gasteiger partial charge >= 0.3 is 0 Å². The minimum Gasteiger partial charge on any atom is -0.369 e. The number of carbonyl (C=O) groups is 2. The summed E-state index contributed by atoms with van der Waals surface area (Å²) in [5.41, 5.74) is 2.85. The molecule has 1 N–H and O–H groups in total. The zero-order chi connectivity index (χ0) is 17.9. The smallest absolute Gasteiger partial charge is 0.272 e. The predicted molar refractivity (Wildman–Crippen MR) is 98.0 cm³/mol. The largest absolute Gasteiger partial charge is 0.369 e. The maximum atomic E-state index is 12.4. The van der Waals surface area contributed by atoms with E-state index in [0.29, 0.717) is 17.3 Å². The second kappa shape index (κ2) is 7.34. The van der Waals surface area contributed by atoms with E-state index in [2.05, 4.69) is 31.0 Å². The van der Waals surface area contributed by atoms with Gasteiger partial charge in [0.2, 0.25) is 0 Å². The second-order valence-electron chi connectivity index (χ2n) is 6.16. The number of amides is 1. The summed E-state index contributed by atoms with van der Waals surface area (Å²) in [5, 5.41) is 2.88. The highest BCUT2D eigenvalue weighted by Gasteiger charge is 2.14. The molecule has 0 aliphatic carbocycles. The Bertz CT molecular complexity index is 730. The fourth-order valence-electron chi connectivity index (χ4n) is 2.76. The molecule has 0 aliphatic rings. The number of anilines is 2. The molecule has 24 heavy (non-hydrogen) atoms. The van der Waals surface area contributed by atoms with Gasteiger partial charge in [0.05, 0.1) is 0 Å². The Labute approximate surface area is 143 Å². The van der Waals surface area contributed by atoms with Crippen LogP contribution in [0.4, 0.5) is 11.4 Å². The highest BCUT2D eigenvalue weighted by Crippen LogP contribution is 2.20. The van der Waals surface area contributed by atoms with Crippen LogP contribution in [0, 0.1) is 0 Å². The summed E-state index contributed by atoms with van der Waals surface area (Å²) in [6.07, 6.45) is 1.67. The first-order chi connectivity index (χ1) is 11.3. The second-order valence-corrected chi connectivity index (χ2v) is 6.16. The minimum absolute atomic E-state index is 0.0534. The Morgan fingerprint density at radius 2 is 1.83 bits per heavy atom. The Balaban J connectivity index is 2.14. The molecule has 1 amide bonds. The lowest BCUT2D eigenvalue weighted by atomic mass is 10.2. The van der Waals surface area contributed by atoms with Crippen LogP contribution in [0.3, 0.4) is 0 Å². The molecule has 0 aliphatic heterocycles. The van der Waals surface area contributed by atoms with E-state index < -0.39 is 0 Å². The fraction of sp³-hybridized carbons (Fsp3) is 0.368. The van der Waals surface area contributed by atoms with Crippen LogP contribution in [0.1, 0.15) is 48.5 Å². The number of nitrogens with one attached hydrogen (secondary N) is 1. The SMILES string of the molecule is CCN(c1ccc(NC(=O)c2cc(C(C)=O)cn2C)cc1)C(C)C. The number of hydrogen-bond donors (Lipinski definition) is 1. The van der Waals surface area contributed by atoms with E-state index >= 15 is 0 Å². The molecule has 0 radical (unpaired) electrons. The van der Waals surface area contributed by atoms with Crippen molar-refractivity contribution in [1.82, 2.24) is 4.57 Å². The van der Waals surface area contributed by atoms with E-state index in [1.165, 1.54) is 6.92 Å². The standard InChI is InChI=1S/C19H25N3O2/c1-6-22(13(2)3)17-9-7-16(8-10-17)20-19(24)18-11-15(14(4)23)12-21(18)5/h7-13H,6H2,1-5H3,(H,20,24). The van der Waals surface area contributed by atoms with E-state index in [4.69, 9.17) is 0 Å². The van der Waals surface area contributed by atoms with Gasteiger partial charge in [0.1, 0.15) is 5.69 Å². The summed E-state index contributed by atoms with van der Waals surface area (Å²) >= 11 is 0. The monoisotopic (exact) mass is 327 g/mol. The summed E-state index contributed by atoms with van der Waals surface area (Å²) in [6, 6.07) is 9.84. The molecular formula is C19H25N3O2. The lowest BCUT2D eigenvalue weighted by Gasteiger charge is -2.27. The Morgan fingerprint density at radius 1 is 1.21 bits per heavy atom. The van der Waals surface area contributed by atoms with Crippen molar-refractivity contribution in [3.8, 4) is 0 Å². The first-order valence-electron chi connectivity index (χ1n) is 8.18. The van der Waals surface area contributed by atoms with Crippen LogP contribution in [-0.2, 0) is 7.05 Å². The molecule has 2 aromatic rings. The third kappa shape index (κ3) is 3.85. The van der Waals surface area contributed by atoms with E-state index in [9.17, 15) is 9.59 Å². The average molecular weight is 327 g/mol. The maximum absolute atomic E-state index is 12.4. The Kier molecular flexibility index (Phi) is 5.44. The van der Waals surface area contributed by atoms with Crippen molar-refractivity contribution in [1.29, 1.82) is 0 Å². The van der Waals surface area contributed by atoms with Crippen LogP contribution in [0.25, 0.3) is 0 Å². The normalized spacial score (nSPS) is 10.8. The zero-order valence-electron chi connectivity index (χ0n) is 15.0. The van der Waals surface area contributed by atoms with Crippen LogP contribution in [0.2, 0.25) is 0 Å². The first kappa shape index (κ1) is 17.8. The van der Waals surface area contributed by atoms with Gasteiger partial charge < -0.3 is 14.8 Å². The number of Topliss-reactive ketones (excluding diaryl/α,β-unsaturated/α-hetero) is 1. The van der Waals surface area contributed by atoms with Crippen LogP contribution < -0.4 is 10.2 Å². The third-order valence-electron chi connectivity index (χ3n) is 4.06. The van der Waals surface area contributed by atoms with Crippen molar-refractivity contribution in [2.24, 2.45) is 7.05 Å². The van der Waals surface area contributed by atoms with Gasteiger partial charge in [0.25, 0.3) is 5.91 Å². The molecule has 0 bridgehead atoms. The molecule has 5 heteroatoms. The molecule has 1 heterocycles. The van der Waals surface area contributed by atoms with Crippen molar-refractivity contribution in [3.63, 3.8) is 0 Å². The Hall–Kier alpha value is -2.56. The van der Waals surface area contributed by atoms with Gasteiger partial charge in [-0.05, 0) is 58.0 Å². The van der Waals surface area contributed by atoms with Gasteiger partial charge in [-0.3, -0.25) is 9.59 Å². The molecular weight excluding hydrogens is 302 g/mol. The summed E-state index contributed by atoms with van der Waals surface area (Å²) in [6.45, 7) is 8.85. The van der Waals surface area contributed by atoms with Crippen molar-refractivity contribution in [2.75, 3.05) is 16.8 Å². The van der Waals surface area contributed by atoms with Gasteiger partial charge in [-0.15, -0.1) is 0 Å². The van der Waals surface area contributed by atoms with Gasteiger partial charge in [0, 0.05) is 42.8 Å². The summed E-state index contributed by atoms with van der Waals surface area (Å²) in [7, 11) is 1.76. The molecule has 1 aromatic heterocycles. The zero-order valence-corrected chi connectivity index (χ0v) is 15.0. The summed E-state index contributed by atoms with van der Waals surface area (Å²) in [5.74, 6) is -0.281. The van der Waals surface area contributed by atoms with Gasteiger partial charge in [-0.1, -0.05) is 0 Å². The molecule has 0 saturated carbocycles. The number of benzene rings is 1. The molecule has 128 valence electrons. The predicted octanol–water partition coefficient (Wildman–Crippen LogP) is 3.71. The molecule has 1 aromatic carbocycles. The molecule has 2 rings (SSSR count). The Morgan fingerprint density at radius 3 is 2.29 bits per heavy atom. The van der Waals surface area contributed by atoms with Crippen LogP contribution >= 0.6 is 0 Å². The summed E-state index contributed by atoms with van der Waals surface area (Å²) in [4.78, 5) is 26.1. The molecule has 0 spiro atoms. The number of hydrogen-bond acceptors (Lipinski definition) is 3. The quantitative estimate of drug-likeness (QED) is 0.823. The number of aromatic nitrogens is 1. The lowest BCUT2D eigenvalue weighted by Crippen LogP contribution is -2.30. The number of aryl methyl sites for hydroxylation is 1. The van der Waals surface area contributed by atoms with Crippen LogP contribution in [0.5, 0.6) is 0 Å². The number of rotatable bonds is 6.